The predicted octanol–water partition coefficient (Wildman–Crippen LogP) is 2.60. The molecule has 0 saturated carbocycles. The Morgan fingerprint density at radius 1 is 1.27 bits per heavy atom. The quantitative estimate of drug-likeness (QED) is 0.560. The number of hydrogen-bond acceptors (Lipinski definition) is 1. The molecule has 0 N–H and O–H groups in total. The van der Waals surface area contributed by atoms with Crippen LogP contribution in [0.5, 0.6) is 0 Å². The van der Waals surface area contributed by atoms with E-state index >= 15 is 0 Å². The molecular weight excluding hydrogens is 134 g/mol. The molecule has 1 aliphatic heterocycles. The highest BCUT2D eigenvalue weighted by atomic mass is 15.1. The van der Waals surface area contributed by atoms with Crippen molar-refractivity contribution in [1.29, 1.82) is 0 Å². The fourth-order valence-corrected chi connectivity index (χ4v) is 1.38. The third-order valence-electron chi connectivity index (χ3n) is 2.08. The van der Waals surface area contributed by atoms with Crippen molar-refractivity contribution in [2.24, 2.45) is 0 Å². The van der Waals surface area contributed by atoms with E-state index in [0.29, 0.717) is 0 Å². The molecule has 63 valence electrons. The van der Waals surface area contributed by atoms with Crippen LogP contribution in [-0.4, -0.2) is 18.0 Å². The third-order valence-corrected chi connectivity index (χ3v) is 2.08. The van der Waals surface area contributed by atoms with Crippen LogP contribution in [0.2, 0.25) is 0 Å². The first-order chi connectivity index (χ1) is 5.43. The van der Waals surface area contributed by atoms with Crippen LogP contribution in [0, 0.1) is 6.92 Å². The third kappa shape index (κ3) is 3.45. The molecule has 1 fully saturated rings. The van der Waals surface area contributed by atoms with E-state index in [1.807, 2.05) is 0 Å². The van der Waals surface area contributed by atoms with E-state index < -0.39 is 0 Å². The van der Waals surface area contributed by atoms with Gasteiger partial charge in [-0.25, -0.2) is 0 Å². The summed E-state index contributed by atoms with van der Waals surface area (Å²) in [6, 6.07) is 0. The molecule has 0 spiro atoms. The number of likely N-dealkylation sites (tertiary alicyclic amines) is 1. The van der Waals surface area contributed by atoms with Crippen molar-refractivity contribution in [3.63, 3.8) is 0 Å². The minimum atomic E-state index is 1.06. The van der Waals surface area contributed by atoms with Crippen molar-refractivity contribution >= 4 is 0 Å². The number of nitrogens with zero attached hydrogens (tertiary/aromatic N) is 1. The van der Waals surface area contributed by atoms with Gasteiger partial charge in [-0.3, -0.25) is 0 Å². The Hall–Kier alpha value is -0.460. The van der Waals surface area contributed by atoms with E-state index in [0.717, 1.165) is 6.42 Å². The summed E-state index contributed by atoms with van der Waals surface area (Å²) in [7, 11) is 0. The smallest absolute Gasteiger partial charge is 0.0173 e. The molecule has 1 saturated heterocycles. The van der Waals surface area contributed by atoms with E-state index in [1.165, 1.54) is 38.8 Å². The maximum Gasteiger partial charge on any atom is 0.0173 e. The maximum atomic E-state index is 3.81. The van der Waals surface area contributed by atoms with Crippen molar-refractivity contribution in [3.05, 3.63) is 19.2 Å². The standard InChI is InChI=1S/C10H18N/c1-2-3-4-5-8-11-9-6-7-10-11/h5,8H,1-4,6-7,9-10H2. The summed E-state index contributed by atoms with van der Waals surface area (Å²) in [5, 5.41) is 0. The van der Waals surface area contributed by atoms with Gasteiger partial charge in [-0.1, -0.05) is 19.4 Å². The SMILES string of the molecule is [CH2]CCCC=CN1CCCC1. The summed E-state index contributed by atoms with van der Waals surface area (Å²) in [5.41, 5.74) is 0. The van der Waals surface area contributed by atoms with Gasteiger partial charge in [0.1, 0.15) is 0 Å². The van der Waals surface area contributed by atoms with E-state index in [4.69, 9.17) is 0 Å². The molecule has 1 heteroatoms. The zero-order valence-corrected chi connectivity index (χ0v) is 7.26. The lowest BCUT2D eigenvalue weighted by Crippen LogP contribution is -2.09. The van der Waals surface area contributed by atoms with Crippen molar-refractivity contribution in [3.8, 4) is 0 Å². The molecule has 0 aromatic rings. The van der Waals surface area contributed by atoms with Crippen LogP contribution in [0.25, 0.3) is 0 Å². The van der Waals surface area contributed by atoms with E-state index in [1.54, 1.807) is 0 Å². The van der Waals surface area contributed by atoms with Crippen LogP contribution in [0.4, 0.5) is 0 Å². The van der Waals surface area contributed by atoms with Gasteiger partial charge >= 0.3 is 0 Å². The molecule has 1 aliphatic rings. The average Bonchev–Trinajstić information content (AvgIpc) is 2.50. The first-order valence-corrected chi connectivity index (χ1v) is 4.63. The van der Waals surface area contributed by atoms with Crippen molar-refractivity contribution in [2.75, 3.05) is 13.1 Å². The zero-order chi connectivity index (χ0) is 7.94. The zero-order valence-electron chi connectivity index (χ0n) is 7.26. The molecule has 0 aromatic heterocycles. The van der Waals surface area contributed by atoms with Crippen LogP contribution in [0.15, 0.2) is 12.3 Å². The second kappa shape index (κ2) is 5.22. The molecule has 0 bridgehead atoms. The first-order valence-electron chi connectivity index (χ1n) is 4.63. The fourth-order valence-electron chi connectivity index (χ4n) is 1.38. The maximum absolute atomic E-state index is 3.81. The predicted molar refractivity (Wildman–Crippen MR) is 49.2 cm³/mol. The van der Waals surface area contributed by atoms with Crippen LogP contribution in [-0.2, 0) is 0 Å². The molecule has 0 amide bonds. The van der Waals surface area contributed by atoms with Crippen molar-refractivity contribution < 1.29 is 0 Å². The minimum Gasteiger partial charge on any atom is -0.378 e. The van der Waals surface area contributed by atoms with Gasteiger partial charge in [-0.2, -0.15) is 0 Å². The largest absolute Gasteiger partial charge is 0.378 e. The Bertz CT molecular complexity index is 112. The summed E-state index contributed by atoms with van der Waals surface area (Å²) < 4.78 is 0. The molecule has 0 aliphatic carbocycles. The molecule has 0 aromatic carbocycles. The highest BCUT2D eigenvalue weighted by molar-refractivity contribution is 4.84. The van der Waals surface area contributed by atoms with Crippen LogP contribution >= 0.6 is 0 Å². The molecule has 1 rings (SSSR count). The molecule has 1 nitrogen and oxygen atoms in total. The van der Waals surface area contributed by atoms with Gasteiger partial charge in [0.2, 0.25) is 0 Å². The second-order valence-electron chi connectivity index (χ2n) is 3.12. The second-order valence-corrected chi connectivity index (χ2v) is 3.12. The molecule has 1 radical (unpaired) electrons. The molecule has 11 heavy (non-hydrogen) atoms. The summed E-state index contributed by atoms with van der Waals surface area (Å²) >= 11 is 0. The highest BCUT2D eigenvalue weighted by Crippen LogP contribution is 2.07. The van der Waals surface area contributed by atoms with E-state index in [9.17, 15) is 0 Å². The van der Waals surface area contributed by atoms with E-state index in [-0.39, 0.29) is 0 Å². The molecular formula is C10H18N. The van der Waals surface area contributed by atoms with Gasteiger partial charge in [0.25, 0.3) is 0 Å². The Labute approximate surface area is 70.1 Å². The number of allylic oxidation sites excluding steroid dienone is 1. The van der Waals surface area contributed by atoms with Gasteiger partial charge < -0.3 is 4.90 Å². The molecule has 0 atom stereocenters. The summed E-state index contributed by atoms with van der Waals surface area (Å²) in [5.74, 6) is 0. The molecule has 1 heterocycles. The van der Waals surface area contributed by atoms with Gasteiger partial charge in [0.15, 0.2) is 0 Å². The Morgan fingerprint density at radius 3 is 2.64 bits per heavy atom. The van der Waals surface area contributed by atoms with Crippen molar-refractivity contribution in [1.82, 2.24) is 4.90 Å². The van der Waals surface area contributed by atoms with Gasteiger partial charge in [-0.15, -0.1) is 0 Å². The average molecular weight is 152 g/mol. The number of unbranched alkanes of at least 4 members (excludes halogenated alkanes) is 2. The highest BCUT2D eigenvalue weighted by Gasteiger charge is 2.05. The lowest BCUT2D eigenvalue weighted by atomic mass is 10.2. The van der Waals surface area contributed by atoms with Gasteiger partial charge in [-0.05, 0) is 31.9 Å². The lowest BCUT2D eigenvalue weighted by molar-refractivity contribution is 0.466. The monoisotopic (exact) mass is 152 g/mol. The molecule has 0 unspecified atom stereocenters. The van der Waals surface area contributed by atoms with Crippen LogP contribution < -0.4 is 0 Å². The summed E-state index contributed by atoms with van der Waals surface area (Å²) in [6.07, 6.45) is 10.8. The lowest BCUT2D eigenvalue weighted by Gasteiger charge is -2.09. The Morgan fingerprint density at radius 2 is 2.00 bits per heavy atom. The topological polar surface area (TPSA) is 3.24 Å². The number of rotatable bonds is 4. The Kier molecular flexibility index (Phi) is 4.10. The Balaban J connectivity index is 2.03. The number of hydrogen-bond donors (Lipinski definition) is 0. The van der Waals surface area contributed by atoms with Gasteiger partial charge in [0.05, 0.1) is 0 Å². The fraction of sp³-hybridized carbons (Fsp3) is 0.700. The van der Waals surface area contributed by atoms with Crippen LogP contribution in [0.3, 0.4) is 0 Å². The minimum absolute atomic E-state index is 1.06. The van der Waals surface area contributed by atoms with Crippen molar-refractivity contribution in [2.45, 2.75) is 32.1 Å². The normalized spacial score (nSPS) is 18.5. The van der Waals surface area contributed by atoms with Crippen LogP contribution in [0.1, 0.15) is 32.1 Å². The summed E-state index contributed by atoms with van der Waals surface area (Å²) in [4.78, 5) is 2.41. The summed E-state index contributed by atoms with van der Waals surface area (Å²) in [6.45, 7) is 6.34. The van der Waals surface area contributed by atoms with E-state index in [2.05, 4.69) is 24.1 Å². The first kappa shape index (κ1) is 8.63. The van der Waals surface area contributed by atoms with Gasteiger partial charge in [0, 0.05) is 13.1 Å².